The smallest absolute Gasteiger partial charge is 0.200 e. The lowest BCUT2D eigenvalue weighted by Gasteiger charge is -2.24. The molecule has 1 aromatic heterocycles. The summed E-state index contributed by atoms with van der Waals surface area (Å²) in [6.45, 7) is 11.1. The Morgan fingerprint density at radius 3 is 2.44 bits per heavy atom. The molecule has 3 rings (SSSR count). The van der Waals surface area contributed by atoms with Gasteiger partial charge in [0.25, 0.3) is 0 Å². The zero-order chi connectivity index (χ0) is 19.4. The van der Waals surface area contributed by atoms with Gasteiger partial charge in [-0.25, -0.2) is 4.98 Å². The minimum absolute atomic E-state index is 0.00818. The number of nitrogens with zero attached hydrogens (tertiary/aromatic N) is 2. The van der Waals surface area contributed by atoms with Crippen LogP contribution in [0.1, 0.15) is 39.2 Å². The Morgan fingerprint density at radius 1 is 1.11 bits per heavy atom. The molecule has 0 radical (unpaired) electrons. The molecule has 0 aliphatic heterocycles. The van der Waals surface area contributed by atoms with Gasteiger partial charge < -0.3 is 4.57 Å². The number of hydrogen-bond acceptors (Lipinski definition) is 2. The zero-order valence-corrected chi connectivity index (χ0v) is 17.2. The van der Waals surface area contributed by atoms with E-state index in [0.717, 1.165) is 23.9 Å². The summed E-state index contributed by atoms with van der Waals surface area (Å²) in [5, 5.41) is 0.671. The van der Waals surface area contributed by atoms with Crippen molar-refractivity contribution >= 4 is 21.8 Å². The molecular formula is C23H28N2OS. The number of rotatable bonds is 7. The molecule has 0 saturated carbocycles. The molecule has 0 fully saturated rings. The molecule has 4 heteroatoms. The summed E-state index contributed by atoms with van der Waals surface area (Å²) in [7, 11) is -1.20. The van der Waals surface area contributed by atoms with Gasteiger partial charge in [0.05, 0.1) is 28.4 Å². The summed E-state index contributed by atoms with van der Waals surface area (Å²) >= 11 is 0. The zero-order valence-electron chi connectivity index (χ0n) is 16.4. The second-order valence-electron chi connectivity index (χ2n) is 8.16. The number of para-hydroxylation sites is 2. The first-order chi connectivity index (χ1) is 12.9. The van der Waals surface area contributed by atoms with Gasteiger partial charge in [-0.05, 0) is 36.0 Å². The van der Waals surface area contributed by atoms with E-state index in [-0.39, 0.29) is 10.7 Å². The Bertz CT molecular complexity index is 938. The largest absolute Gasteiger partial charge is 0.312 e. The van der Waals surface area contributed by atoms with Gasteiger partial charge in [0.2, 0.25) is 5.16 Å². The lowest BCUT2D eigenvalue weighted by molar-refractivity contribution is 0.369. The van der Waals surface area contributed by atoms with Gasteiger partial charge >= 0.3 is 0 Å². The Hall–Kier alpha value is -2.20. The van der Waals surface area contributed by atoms with Crippen LogP contribution in [0.5, 0.6) is 0 Å². The van der Waals surface area contributed by atoms with Crippen LogP contribution in [0.15, 0.2) is 72.4 Å². The van der Waals surface area contributed by atoms with Gasteiger partial charge in [-0.15, -0.1) is 6.58 Å². The summed E-state index contributed by atoms with van der Waals surface area (Å²) in [5.74, 6) is 0. The fourth-order valence-electron chi connectivity index (χ4n) is 3.39. The van der Waals surface area contributed by atoms with Crippen LogP contribution in [0.3, 0.4) is 0 Å². The van der Waals surface area contributed by atoms with Gasteiger partial charge in [0, 0.05) is 5.25 Å². The van der Waals surface area contributed by atoms with E-state index in [0.29, 0.717) is 11.7 Å². The number of fused-ring (bicyclic) bond motifs is 1. The van der Waals surface area contributed by atoms with E-state index in [1.54, 1.807) is 0 Å². The van der Waals surface area contributed by atoms with Crippen LogP contribution in [-0.2, 0) is 17.3 Å². The maximum atomic E-state index is 13.6. The summed E-state index contributed by atoms with van der Waals surface area (Å²) in [6.07, 6.45) is 3.46. The fraction of sp³-hybridized carbons (Fsp3) is 0.348. The highest BCUT2D eigenvalue weighted by Gasteiger charge is 2.27. The van der Waals surface area contributed by atoms with E-state index in [1.165, 1.54) is 5.56 Å². The molecule has 2 aromatic carbocycles. The minimum Gasteiger partial charge on any atom is -0.312 e. The molecule has 0 N–H and O–H groups in total. The second-order valence-corrected chi connectivity index (χ2v) is 9.79. The van der Waals surface area contributed by atoms with Gasteiger partial charge in [0.1, 0.15) is 0 Å². The molecule has 27 heavy (non-hydrogen) atoms. The molecule has 3 aromatic rings. The highest BCUT2D eigenvalue weighted by molar-refractivity contribution is 7.85. The molecule has 3 nitrogen and oxygen atoms in total. The van der Waals surface area contributed by atoms with Gasteiger partial charge in [-0.1, -0.05) is 69.3 Å². The summed E-state index contributed by atoms with van der Waals surface area (Å²) in [6, 6.07) is 18.3. The van der Waals surface area contributed by atoms with Gasteiger partial charge in [-0.2, -0.15) is 0 Å². The fourth-order valence-corrected chi connectivity index (χ4v) is 5.22. The third-order valence-corrected chi connectivity index (χ3v) is 6.19. The predicted molar refractivity (Wildman–Crippen MR) is 114 cm³/mol. The summed E-state index contributed by atoms with van der Waals surface area (Å²) < 4.78 is 15.7. The van der Waals surface area contributed by atoms with Crippen molar-refractivity contribution in [2.24, 2.45) is 5.41 Å². The Balaban J connectivity index is 2.05. The van der Waals surface area contributed by atoms with E-state index >= 15 is 0 Å². The van der Waals surface area contributed by atoms with Crippen molar-refractivity contribution in [3.63, 3.8) is 0 Å². The summed E-state index contributed by atoms with van der Waals surface area (Å²) in [5.41, 5.74) is 3.19. The highest BCUT2D eigenvalue weighted by atomic mass is 32.2. The van der Waals surface area contributed by atoms with E-state index in [2.05, 4.69) is 50.1 Å². The monoisotopic (exact) mass is 380 g/mol. The number of aromatic nitrogens is 2. The average Bonchev–Trinajstić information content (AvgIpc) is 2.99. The molecule has 0 aliphatic carbocycles. The Kier molecular flexibility index (Phi) is 5.95. The Labute approximate surface area is 164 Å². The van der Waals surface area contributed by atoms with Crippen LogP contribution < -0.4 is 0 Å². The first-order valence-electron chi connectivity index (χ1n) is 9.40. The molecule has 0 saturated heterocycles. The first-order valence-corrected chi connectivity index (χ1v) is 10.6. The van der Waals surface area contributed by atoms with Crippen LogP contribution in [0, 0.1) is 5.41 Å². The molecule has 2 atom stereocenters. The number of benzene rings is 2. The minimum atomic E-state index is -1.20. The highest BCUT2D eigenvalue weighted by Crippen LogP contribution is 2.29. The van der Waals surface area contributed by atoms with Crippen molar-refractivity contribution in [3.05, 3.63) is 72.8 Å². The number of allylic oxidation sites excluding steroid dienone is 1. The van der Waals surface area contributed by atoms with E-state index in [9.17, 15) is 4.21 Å². The third kappa shape index (κ3) is 4.75. The molecule has 1 heterocycles. The van der Waals surface area contributed by atoms with E-state index < -0.39 is 10.8 Å². The second kappa shape index (κ2) is 8.22. The first kappa shape index (κ1) is 19.6. The van der Waals surface area contributed by atoms with Gasteiger partial charge in [0.15, 0.2) is 0 Å². The average molecular weight is 381 g/mol. The van der Waals surface area contributed by atoms with Crippen LogP contribution >= 0.6 is 0 Å². The summed E-state index contributed by atoms with van der Waals surface area (Å²) in [4.78, 5) is 4.77. The van der Waals surface area contributed by atoms with Crippen molar-refractivity contribution in [2.45, 2.75) is 50.6 Å². The quantitative estimate of drug-likeness (QED) is 0.502. The molecule has 0 spiro atoms. The van der Waals surface area contributed by atoms with Crippen molar-refractivity contribution in [3.8, 4) is 0 Å². The van der Waals surface area contributed by atoms with E-state index in [1.807, 2.05) is 42.5 Å². The molecule has 0 amide bonds. The third-order valence-electron chi connectivity index (χ3n) is 4.56. The van der Waals surface area contributed by atoms with Crippen molar-refractivity contribution in [1.82, 2.24) is 9.55 Å². The maximum absolute atomic E-state index is 13.6. The van der Waals surface area contributed by atoms with Gasteiger partial charge in [-0.3, -0.25) is 4.21 Å². The van der Waals surface area contributed by atoms with Crippen LogP contribution in [0.4, 0.5) is 0 Å². The predicted octanol–water partition coefficient (Wildman–Crippen LogP) is 5.57. The molecule has 142 valence electrons. The Morgan fingerprint density at radius 2 is 1.78 bits per heavy atom. The molecule has 0 unspecified atom stereocenters. The SMILES string of the molecule is C=CC[C@@H](CC(C)(C)C)[S@@](=O)c1nc2ccccc2n1Cc1ccccc1. The van der Waals surface area contributed by atoms with Crippen molar-refractivity contribution in [2.75, 3.05) is 0 Å². The van der Waals surface area contributed by atoms with Crippen LogP contribution in [-0.4, -0.2) is 19.0 Å². The molecule has 0 aliphatic rings. The van der Waals surface area contributed by atoms with Crippen LogP contribution in [0.25, 0.3) is 11.0 Å². The van der Waals surface area contributed by atoms with E-state index in [4.69, 9.17) is 4.98 Å². The van der Waals surface area contributed by atoms with Crippen molar-refractivity contribution < 1.29 is 4.21 Å². The maximum Gasteiger partial charge on any atom is 0.200 e. The number of hydrogen-bond donors (Lipinski definition) is 0. The normalized spacial score (nSPS) is 14.2. The lowest BCUT2D eigenvalue weighted by Crippen LogP contribution is -2.24. The lowest BCUT2D eigenvalue weighted by atomic mass is 9.89. The van der Waals surface area contributed by atoms with Crippen LogP contribution in [0.2, 0.25) is 0 Å². The van der Waals surface area contributed by atoms with Crippen molar-refractivity contribution in [1.29, 1.82) is 0 Å². The number of imidazole rings is 1. The topological polar surface area (TPSA) is 34.9 Å². The molecular weight excluding hydrogens is 352 g/mol. The standard InChI is InChI=1S/C23H28N2OS/c1-5-11-19(16-23(2,3)4)27(26)22-24-20-14-9-10-15-21(20)25(22)17-18-12-7-6-8-13-18/h5-10,12-15,19H,1,11,16-17H2,2-4H3/t19-,27+/m0/s1. The molecule has 0 bridgehead atoms.